The molecule has 15 heteroatoms. The van der Waals surface area contributed by atoms with E-state index in [0.29, 0.717) is 6.04 Å². The number of alkyl halides is 6. The van der Waals surface area contributed by atoms with Gasteiger partial charge in [0.05, 0.1) is 6.33 Å². The van der Waals surface area contributed by atoms with Gasteiger partial charge in [0.25, 0.3) is 5.91 Å². The number of piperazine rings is 1. The second-order valence-corrected chi connectivity index (χ2v) is 9.90. The van der Waals surface area contributed by atoms with E-state index in [9.17, 15) is 31.1 Å². The van der Waals surface area contributed by atoms with Crippen molar-refractivity contribution in [2.45, 2.75) is 57.4 Å². The number of aromatic amines is 1. The first-order chi connectivity index (χ1) is 20.6. The van der Waals surface area contributed by atoms with Crippen LogP contribution in [0.5, 0.6) is 0 Å². The van der Waals surface area contributed by atoms with Gasteiger partial charge in [0.1, 0.15) is 0 Å². The maximum Gasteiger partial charge on any atom is 0.490 e. The summed E-state index contributed by atoms with van der Waals surface area (Å²) in [6.45, 7) is 5.89. The molecule has 1 fully saturated rings. The first kappa shape index (κ1) is 36.1. The summed E-state index contributed by atoms with van der Waals surface area (Å²) in [5.41, 5.74) is 2.03. The van der Waals surface area contributed by atoms with Crippen molar-refractivity contribution in [2.75, 3.05) is 26.2 Å². The first-order valence-corrected chi connectivity index (χ1v) is 13.7. The average Bonchev–Trinajstić information content (AvgIpc) is 3.49. The molecule has 1 aliphatic rings. The second-order valence-electron chi connectivity index (χ2n) is 9.90. The van der Waals surface area contributed by atoms with Gasteiger partial charge in [-0.05, 0) is 42.6 Å². The fraction of sp³-hybridized carbons (Fsp3) is 0.448. The maximum absolute atomic E-state index is 13.4. The van der Waals surface area contributed by atoms with E-state index in [1.165, 1.54) is 18.5 Å². The molecule has 1 amide bonds. The standard InChI is InChI=1S/C25H32N4O.2C2HF3O2/c1-2-3-11-22-18-29(16-15-28(22)14-7-10-21-17-26-19-27-21)25(30)24-13-6-9-20-8-4-5-12-23(20)24;2*3-2(4,5)1(6)7/h4-6,8-9,12-13,17,19,22H,2-3,7,10-11,14-16,18H2,1H3,(H,26,27);2*(H,6,7)/t22-;;/m0../s1. The van der Waals surface area contributed by atoms with Crippen molar-refractivity contribution in [2.24, 2.45) is 0 Å². The van der Waals surface area contributed by atoms with E-state index in [4.69, 9.17) is 19.8 Å². The lowest BCUT2D eigenvalue weighted by Crippen LogP contribution is -2.54. The number of aryl methyl sites for hydroxylation is 1. The lowest BCUT2D eigenvalue weighted by Gasteiger charge is -2.42. The van der Waals surface area contributed by atoms with Gasteiger partial charge in [0, 0.05) is 43.1 Å². The number of fused-ring (bicyclic) bond motifs is 1. The molecule has 2 aromatic carbocycles. The van der Waals surface area contributed by atoms with Crippen LogP contribution in [-0.4, -0.2) is 92.4 Å². The summed E-state index contributed by atoms with van der Waals surface area (Å²) in [5.74, 6) is -5.34. The predicted molar refractivity (Wildman–Crippen MR) is 149 cm³/mol. The minimum atomic E-state index is -5.08. The van der Waals surface area contributed by atoms with E-state index in [2.05, 4.69) is 44.9 Å². The third-order valence-electron chi connectivity index (χ3n) is 6.73. The van der Waals surface area contributed by atoms with Crippen molar-refractivity contribution >= 4 is 28.6 Å². The summed E-state index contributed by atoms with van der Waals surface area (Å²) in [4.78, 5) is 43.2. The van der Waals surface area contributed by atoms with Gasteiger partial charge in [0.2, 0.25) is 0 Å². The molecule has 0 saturated carbocycles. The third-order valence-corrected chi connectivity index (χ3v) is 6.73. The molecule has 242 valence electrons. The number of imidazole rings is 1. The van der Waals surface area contributed by atoms with Gasteiger partial charge in [-0.2, -0.15) is 26.3 Å². The van der Waals surface area contributed by atoms with Crippen LogP contribution in [-0.2, 0) is 16.0 Å². The summed E-state index contributed by atoms with van der Waals surface area (Å²) < 4.78 is 63.5. The Bertz CT molecular complexity index is 1320. The quantitative estimate of drug-likeness (QED) is 0.269. The Labute approximate surface area is 249 Å². The number of carbonyl (C=O) groups is 3. The summed E-state index contributed by atoms with van der Waals surface area (Å²) >= 11 is 0. The number of carbonyl (C=O) groups excluding carboxylic acids is 1. The minimum Gasteiger partial charge on any atom is -0.475 e. The van der Waals surface area contributed by atoms with E-state index < -0.39 is 24.3 Å². The Morgan fingerprint density at radius 2 is 1.55 bits per heavy atom. The fourth-order valence-corrected chi connectivity index (χ4v) is 4.56. The molecule has 1 aliphatic heterocycles. The molecule has 0 bridgehead atoms. The highest BCUT2D eigenvalue weighted by Crippen LogP contribution is 2.23. The Hall–Kier alpha value is -4.14. The number of hydrogen-bond donors (Lipinski definition) is 3. The van der Waals surface area contributed by atoms with Crippen LogP contribution in [0.2, 0.25) is 0 Å². The molecular formula is C29H34F6N4O5. The first-order valence-electron chi connectivity index (χ1n) is 13.7. The number of aliphatic carboxylic acids is 2. The zero-order valence-corrected chi connectivity index (χ0v) is 23.9. The number of carboxylic acids is 2. The van der Waals surface area contributed by atoms with Crippen LogP contribution in [0.4, 0.5) is 26.3 Å². The summed E-state index contributed by atoms with van der Waals surface area (Å²) in [5, 5.41) is 16.4. The molecule has 1 saturated heterocycles. The fourth-order valence-electron chi connectivity index (χ4n) is 4.56. The smallest absolute Gasteiger partial charge is 0.475 e. The van der Waals surface area contributed by atoms with Crippen molar-refractivity contribution in [3.63, 3.8) is 0 Å². The zero-order valence-electron chi connectivity index (χ0n) is 23.9. The molecule has 1 aromatic heterocycles. The molecule has 0 aliphatic carbocycles. The third kappa shape index (κ3) is 11.5. The molecule has 4 rings (SSSR count). The van der Waals surface area contributed by atoms with Crippen LogP contribution in [0.1, 0.15) is 48.7 Å². The van der Waals surface area contributed by atoms with E-state index in [0.717, 1.165) is 61.8 Å². The highest BCUT2D eigenvalue weighted by atomic mass is 19.4. The number of unbranched alkanes of at least 4 members (excludes halogenated alkanes) is 1. The Kier molecular flexibility index (Phi) is 13.6. The van der Waals surface area contributed by atoms with Gasteiger partial charge in [-0.1, -0.05) is 56.2 Å². The molecule has 0 unspecified atom stereocenters. The topological polar surface area (TPSA) is 127 Å². The van der Waals surface area contributed by atoms with Crippen molar-refractivity contribution in [3.05, 3.63) is 66.2 Å². The molecular weight excluding hydrogens is 598 g/mol. The number of nitrogens with one attached hydrogen (secondary N) is 1. The number of nitrogens with zero attached hydrogens (tertiary/aromatic N) is 3. The molecule has 9 nitrogen and oxygen atoms in total. The molecule has 0 spiro atoms. The summed E-state index contributed by atoms with van der Waals surface area (Å²) in [6, 6.07) is 14.7. The van der Waals surface area contributed by atoms with E-state index in [1.807, 2.05) is 30.5 Å². The molecule has 1 atom stereocenters. The zero-order chi connectivity index (χ0) is 32.9. The average molecular weight is 633 g/mol. The van der Waals surface area contributed by atoms with Crippen LogP contribution >= 0.6 is 0 Å². The molecule has 44 heavy (non-hydrogen) atoms. The van der Waals surface area contributed by atoms with Gasteiger partial charge >= 0.3 is 24.3 Å². The number of benzene rings is 2. The van der Waals surface area contributed by atoms with E-state index >= 15 is 0 Å². The minimum absolute atomic E-state index is 0.172. The normalized spacial score (nSPS) is 15.5. The van der Waals surface area contributed by atoms with Crippen molar-refractivity contribution < 1.29 is 50.9 Å². The van der Waals surface area contributed by atoms with E-state index in [1.54, 1.807) is 6.33 Å². The number of amides is 1. The Morgan fingerprint density at radius 3 is 2.11 bits per heavy atom. The largest absolute Gasteiger partial charge is 0.490 e. The van der Waals surface area contributed by atoms with Crippen molar-refractivity contribution in [3.8, 4) is 0 Å². The SMILES string of the molecule is CCCC[C@H]1CN(C(=O)c2cccc3ccccc23)CCN1CCCc1cnc[nH]1.O=C(O)C(F)(F)F.O=C(O)C(F)(F)F. The van der Waals surface area contributed by atoms with E-state index in [-0.39, 0.29) is 5.91 Å². The van der Waals surface area contributed by atoms with Gasteiger partial charge in [-0.15, -0.1) is 0 Å². The number of hydrogen-bond acceptors (Lipinski definition) is 5. The van der Waals surface area contributed by atoms with Crippen LogP contribution < -0.4 is 0 Å². The molecule has 0 radical (unpaired) electrons. The van der Waals surface area contributed by atoms with Crippen molar-refractivity contribution in [1.29, 1.82) is 0 Å². The van der Waals surface area contributed by atoms with Crippen LogP contribution in [0, 0.1) is 0 Å². The number of rotatable bonds is 8. The predicted octanol–water partition coefficient (Wildman–Crippen LogP) is 5.78. The Balaban J connectivity index is 0.000000402. The molecule has 3 N–H and O–H groups in total. The maximum atomic E-state index is 13.4. The second kappa shape index (κ2) is 16.6. The number of halogens is 6. The highest BCUT2D eigenvalue weighted by Gasteiger charge is 2.39. The number of aromatic nitrogens is 2. The van der Waals surface area contributed by atoms with Gasteiger partial charge in [-0.3, -0.25) is 9.69 Å². The Morgan fingerprint density at radius 1 is 0.932 bits per heavy atom. The highest BCUT2D eigenvalue weighted by molar-refractivity contribution is 6.07. The van der Waals surface area contributed by atoms with Gasteiger partial charge < -0.3 is 20.1 Å². The summed E-state index contributed by atoms with van der Waals surface area (Å²) in [6.07, 6.45) is -0.822. The van der Waals surface area contributed by atoms with Crippen LogP contribution in [0.25, 0.3) is 10.8 Å². The number of carboxylic acid groups (broad SMARTS) is 2. The van der Waals surface area contributed by atoms with Crippen LogP contribution in [0.15, 0.2) is 55.0 Å². The lowest BCUT2D eigenvalue weighted by molar-refractivity contribution is -0.193. The van der Waals surface area contributed by atoms with Crippen molar-refractivity contribution in [1.82, 2.24) is 19.8 Å². The summed E-state index contributed by atoms with van der Waals surface area (Å²) in [7, 11) is 0. The lowest BCUT2D eigenvalue weighted by atomic mass is 10.0. The molecule has 2 heterocycles. The number of H-pyrrole nitrogens is 1. The molecule has 3 aromatic rings. The van der Waals surface area contributed by atoms with Crippen LogP contribution in [0.3, 0.4) is 0 Å². The van der Waals surface area contributed by atoms with Gasteiger partial charge in [-0.25, -0.2) is 14.6 Å². The van der Waals surface area contributed by atoms with Gasteiger partial charge in [0.15, 0.2) is 0 Å². The monoisotopic (exact) mass is 632 g/mol.